The van der Waals surface area contributed by atoms with Crippen molar-refractivity contribution in [2.45, 2.75) is 20.0 Å². The standard InChI is InChI=1S/C13H14N2O3/c1-8-3-4-10-7-11(5-6-12(10)14-8)18-9(2)13(16)15-17/h3-7,9,17H,1-2H3,(H,15,16). The summed E-state index contributed by atoms with van der Waals surface area (Å²) < 4.78 is 5.41. The third-order valence-corrected chi connectivity index (χ3v) is 2.59. The van der Waals surface area contributed by atoms with Crippen LogP contribution in [0.25, 0.3) is 10.9 Å². The first-order valence-electron chi connectivity index (χ1n) is 5.58. The van der Waals surface area contributed by atoms with E-state index in [0.717, 1.165) is 16.6 Å². The maximum absolute atomic E-state index is 11.1. The number of pyridine rings is 1. The fraction of sp³-hybridized carbons (Fsp3) is 0.231. The number of amides is 1. The number of fused-ring (bicyclic) bond motifs is 1. The van der Waals surface area contributed by atoms with E-state index in [9.17, 15) is 4.79 Å². The van der Waals surface area contributed by atoms with Gasteiger partial charge in [-0.1, -0.05) is 6.07 Å². The molecule has 5 nitrogen and oxygen atoms in total. The zero-order valence-electron chi connectivity index (χ0n) is 10.2. The van der Waals surface area contributed by atoms with E-state index in [1.54, 1.807) is 18.5 Å². The van der Waals surface area contributed by atoms with E-state index in [2.05, 4.69) is 4.98 Å². The molecule has 1 aromatic carbocycles. The molecule has 0 aliphatic carbocycles. The van der Waals surface area contributed by atoms with Gasteiger partial charge in [-0.3, -0.25) is 15.0 Å². The number of aromatic nitrogens is 1. The molecule has 0 fully saturated rings. The maximum atomic E-state index is 11.1. The molecule has 2 rings (SSSR count). The van der Waals surface area contributed by atoms with Crippen LogP contribution in [0.1, 0.15) is 12.6 Å². The number of ether oxygens (including phenoxy) is 1. The molecule has 1 amide bonds. The summed E-state index contributed by atoms with van der Waals surface area (Å²) in [7, 11) is 0. The number of carbonyl (C=O) groups is 1. The Labute approximate surface area is 104 Å². The summed E-state index contributed by atoms with van der Waals surface area (Å²) in [4.78, 5) is 15.5. The third-order valence-electron chi connectivity index (χ3n) is 2.59. The van der Waals surface area contributed by atoms with Gasteiger partial charge < -0.3 is 4.74 Å². The highest BCUT2D eigenvalue weighted by Crippen LogP contribution is 2.20. The fourth-order valence-corrected chi connectivity index (χ4v) is 1.63. The maximum Gasteiger partial charge on any atom is 0.284 e. The molecule has 1 aromatic heterocycles. The van der Waals surface area contributed by atoms with Crippen LogP contribution in [0.3, 0.4) is 0 Å². The smallest absolute Gasteiger partial charge is 0.284 e. The third kappa shape index (κ3) is 2.57. The fourth-order valence-electron chi connectivity index (χ4n) is 1.63. The molecular formula is C13H14N2O3. The Morgan fingerprint density at radius 2 is 2.17 bits per heavy atom. The van der Waals surface area contributed by atoms with Crippen molar-refractivity contribution in [1.82, 2.24) is 10.5 Å². The number of nitrogens with zero attached hydrogens (tertiary/aromatic N) is 1. The highest BCUT2D eigenvalue weighted by molar-refractivity contribution is 5.81. The molecule has 1 unspecified atom stereocenters. The molecule has 0 bridgehead atoms. The molecule has 18 heavy (non-hydrogen) atoms. The number of nitrogens with one attached hydrogen (secondary N) is 1. The Kier molecular flexibility index (Phi) is 3.43. The lowest BCUT2D eigenvalue weighted by atomic mass is 10.2. The van der Waals surface area contributed by atoms with E-state index in [-0.39, 0.29) is 0 Å². The van der Waals surface area contributed by atoms with Crippen LogP contribution in [-0.2, 0) is 4.79 Å². The predicted octanol–water partition coefficient (Wildman–Crippen LogP) is 1.82. The van der Waals surface area contributed by atoms with Crippen LogP contribution in [0.15, 0.2) is 30.3 Å². The minimum Gasteiger partial charge on any atom is -0.481 e. The van der Waals surface area contributed by atoms with Crippen molar-refractivity contribution in [2.75, 3.05) is 0 Å². The number of benzene rings is 1. The van der Waals surface area contributed by atoms with Gasteiger partial charge in [-0.15, -0.1) is 0 Å². The number of aryl methyl sites for hydroxylation is 1. The van der Waals surface area contributed by atoms with E-state index >= 15 is 0 Å². The molecule has 2 aromatic rings. The molecule has 1 heterocycles. The highest BCUT2D eigenvalue weighted by Gasteiger charge is 2.13. The van der Waals surface area contributed by atoms with Gasteiger partial charge in [0, 0.05) is 11.1 Å². The first-order valence-corrected chi connectivity index (χ1v) is 5.58. The molecule has 0 spiro atoms. The quantitative estimate of drug-likeness (QED) is 0.640. The van der Waals surface area contributed by atoms with Crippen molar-refractivity contribution in [3.8, 4) is 5.75 Å². The van der Waals surface area contributed by atoms with Crippen LogP contribution < -0.4 is 10.2 Å². The molecular weight excluding hydrogens is 232 g/mol. The van der Waals surface area contributed by atoms with Gasteiger partial charge in [-0.2, -0.15) is 0 Å². The van der Waals surface area contributed by atoms with Gasteiger partial charge in [0.2, 0.25) is 0 Å². The molecule has 5 heteroatoms. The van der Waals surface area contributed by atoms with Crippen LogP contribution in [0, 0.1) is 6.92 Å². The van der Waals surface area contributed by atoms with Gasteiger partial charge in [0.25, 0.3) is 5.91 Å². The Morgan fingerprint density at radius 1 is 1.39 bits per heavy atom. The number of hydroxylamine groups is 1. The van der Waals surface area contributed by atoms with Crippen molar-refractivity contribution < 1.29 is 14.7 Å². The Morgan fingerprint density at radius 3 is 2.89 bits per heavy atom. The van der Waals surface area contributed by atoms with Crippen molar-refractivity contribution in [3.05, 3.63) is 36.0 Å². The lowest BCUT2D eigenvalue weighted by Gasteiger charge is -2.12. The van der Waals surface area contributed by atoms with Crippen molar-refractivity contribution in [1.29, 1.82) is 0 Å². The average molecular weight is 246 g/mol. The van der Waals surface area contributed by atoms with Gasteiger partial charge in [-0.25, -0.2) is 5.48 Å². The van der Waals surface area contributed by atoms with Gasteiger partial charge in [0.15, 0.2) is 6.10 Å². The number of rotatable bonds is 3. The molecule has 0 saturated heterocycles. The van der Waals surface area contributed by atoms with E-state index in [4.69, 9.17) is 9.94 Å². The zero-order valence-corrected chi connectivity index (χ0v) is 10.2. The molecule has 2 N–H and O–H groups in total. The van der Waals surface area contributed by atoms with Crippen molar-refractivity contribution >= 4 is 16.8 Å². The topological polar surface area (TPSA) is 71.5 Å². The number of carbonyl (C=O) groups excluding carboxylic acids is 1. The SMILES string of the molecule is Cc1ccc2cc(OC(C)C(=O)NO)ccc2n1. The Hall–Kier alpha value is -2.14. The van der Waals surface area contributed by atoms with Crippen molar-refractivity contribution in [3.63, 3.8) is 0 Å². The number of hydrogen-bond acceptors (Lipinski definition) is 4. The second-order valence-corrected chi connectivity index (χ2v) is 4.04. The summed E-state index contributed by atoms with van der Waals surface area (Å²) in [5, 5.41) is 9.44. The molecule has 0 aliphatic rings. The predicted molar refractivity (Wildman–Crippen MR) is 66.5 cm³/mol. The van der Waals surface area contributed by atoms with E-state index in [0.29, 0.717) is 5.75 Å². The molecule has 94 valence electrons. The number of hydrogen-bond donors (Lipinski definition) is 2. The Bertz CT molecular complexity index is 583. The summed E-state index contributed by atoms with van der Waals surface area (Å²) in [5.74, 6) is -0.0265. The molecule has 0 aliphatic heterocycles. The second kappa shape index (κ2) is 5.01. The largest absolute Gasteiger partial charge is 0.481 e. The Balaban J connectivity index is 2.25. The molecule has 1 atom stereocenters. The lowest BCUT2D eigenvalue weighted by molar-refractivity contribution is -0.135. The van der Waals surface area contributed by atoms with Crippen LogP contribution in [-0.4, -0.2) is 22.2 Å². The van der Waals surface area contributed by atoms with Crippen LogP contribution in [0.4, 0.5) is 0 Å². The normalized spacial score (nSPS) is 12.2. The van der Waals surface area contributed by atoms with E-state index < -0.39 is 12.0 Å². The molecule has 0 radical (unpaired) electrons. The van der Waals surface area contributed by atoms with Crippen LogP contribution >= 0.6 is 0 Å². The highest BCUT2D eigenvalue weighted by atomic mass is 16.5. The second-order valence-electron chi connectivity index (χ2n) is 4.04. The van der Waals surface area contributed by atoms with Gasteiger partial charge in [-0.05, 0) is 38.1 Å². The van der Waals surface area contributed by atoms with Crippen LogP contribution in [0.2, 0.25) is 0 Å². The van der Waals surface area contributed by atoms with Gasteiger partial charge >= 0.3 is 0 Å². The first kappa shape index (κ1) is 12.3. The lowest BCUT2D eigenvalue weighted by Crippen LogP contribution is -2.34. The minimum atomic E-state index is -0.758. The molecule has 0 saturated carbocycles. The van der Waals surface area contributed by atoms with Gasteiger partial charge in [0.05, 0.1) is 5.52 Å². The monoisotopic (exact) mass is 246 g/mol. The zero-order chi connectivity index (χ0) is 13.1. The first-order chi connectivity index (χ1) is 8.60. The summed E-state index contributed by atoms with van der Waals surface area (Å²) in [6.07, 6.45) is -0.758. The van der Waals surface area contributed by atoms with Crippen LogP contribution in [0.5, 0.6) is 5.75 Å². The summed E-state index contributed by atoms with van der Waals surface area (Å²) in [6, 6.07) is 9.25. The van der Waals surface area contributed by atoms with E-state index in [1.807, 2.05) is 31.2 Å². The summed E-state index contributed by atoms with van der Waals surface area (Å²) >= 11 is 0. The van der Waals surface area contributed by atoms with Gasteiger partial charge in [0.1, 0.15) is 5.75 Å². The van der Waals surface area contributed by atoms with E-state index in [1.165, 1.54) is 0 Å². The summed E-state index contributed by atoms with van der Waals surface area (Å²) in [5.41, 5.74) is 3.38. The average Bonchev–Trinajstić information content (AvgIpc) is 2.38. The minimum absolute atomic E-state index is 0.559. The summed E-state index contributed by atoms with van der Waals surface area (Å²) in [6.45, 7) is 3.49. The van der Waals surface area contributed by atoms with Crippen molar-refractivity contribution in [2.24, 2.45) is 0 Å².